The molecule has 0 saturated heterocycles. The molecule has 4 radical (unpaired) electrons. The Morgan fingerprint density at radius 3 is 0.755 bits per heavy atom. The molecule has 0 aliphatic rings. The van der Waals surface area contributed by atoms with Crippen LogP contribution >= 0.6 is 185 Å². The van der Waals surface area contributed by atoms with Gasteiger partial charge in [-0.3, -0.25) is 9.97 Å². The van der Waals surface area contributed by atoms with Gasteiger partial charge in [0.25, 0.3) is 0 Å². The zero-order valence-corrected chi connectivity index (χ0v) is 77.3. The van der Waals surface area contributed by atoms with Gasteiger partial charge in [-0.1, -0.05) is 286 Å². The molecule has 0 bridgehead atoms. The minimum atomic E-state index is -1.08. The van der Waals surface area contributed by atoms with Gasteiger partial charge < -0.3 is 59.4 Å². The number of benzene rings is 2. The van der Waals surface area contributed by atoms with Gasteiger partial charge >= 0.3 is 77.9 Å². The molecule has 0 aliphatic heterocycles. The van der Waals surface area contributed by atoms with E-state index < -0.39 is 53.0 Å². The summed E-state index contributed by atoms with van der Waals surface area (Å²) in [4.78, 5) is 86.9. The number of hydrogen-bond acceptors (Lipinski definition) is 22. The molecule has 12 rings (SSSR count). The molecule has 12 aromatic rings. The number of halogens is 12. The van der Waals surface area contributed by atoms with E-state index in [1.54, 1.807) is 45.3 Å². The van der Waals surface area contributed by atoms with E-state index in [0.29, 0.717) is 22.6 Å². The fourth-order valence-electron chi connectivity index (χ4n) is 7.87. The molecule has 598 valence electrons. The molecular formula is C72H64Cl12N6O12Rh4S4. The summed E-state index contributed by atoms with van der Waals surface area (Å²) in [6.07, 6.45) is 5.54. The summed E-state index contributed by atoms with van der Waals surface area (Å²) >= 11 is 64.3. The van der Waals surface area contributed by atoms with Crippen molar-refractivity contribution >= 4 is 265 Å². The number of carboxylic acids is 6. The number of hydrogen-bond donors (Lipinski definition) is 0. The summed E-state index contributed by atoms with van der Waals surface area (Å²) in [5.74, 6) is -6.50. The molecule has 0 saturated carbocycles. The number of carbonyl (C=O) groups excluding carboxylic acids is 6. The van der Waals surface area contributed by atoms with Crippen molar-refractivity contribution in [2.45, 2.75) is 98.3 Å². The molecule has 18 nitrogen and oxygen atoms in total. The maximum Gasteiger partial charge on any atom is 2.00 e. The fourth-order valence-corrected chi connectivity index (χ4v) is 10.5. The third-order valence-electron chi connectivity index (χ3n) is 11.0. The van der Waals surface area contributed by atoms with E-state index in [4.69, 9.17) is 229 Å². The van der Waals surface area contributed by atoms with Crippen molar-refractivity contribution in [2.24, 2.45) is 0 Å². The predicted octanol–water partition coefficient (Wildman–Crippen LogP) is 17.3. The minimum Gasteiger partial charge on any atom is -0.550 e. The number of aliphatic carboxylic acids is 6. The Morgan fingerprint density at radius 2 is 0.555 bits per heavy atom. The second-order valence-corrected chi connectivity index (χ2v) is 31.0. The second-order valence-electron chi connectivity index (χ2n) is 19.4. The molecule has 0 amide bonds. The van der Waals surface area contributed by atoms with Crippen LogP contribution in [0.3, 0.4) is 0 Å². The quantitative estimate of drug-likeness (QED) is 0.0426. The van der Waals surface area contributed by atoms with E-state index in [-0.39, 0.29) is 77.9 Å². The van der Waals surface area contributed by atoms with Crippen molar-refractivity contribution in [3.63, 3.8) is 0 Å². The molecule has 2 aromatic carbocycles. The Hall–Kier alpha value is -4.03. The van der Waals surface area contributed by atoms with Crippen LogP contribution in [0.1, 0.15) is 81.1 Å². The zero-order valence-electron chi connectivity index (χ0n) is 58.4. The minimum absolute atomic E-state index is 0. The van der Waals surface area contributed by atoms with Crippen LogP contribution in [0.4, 0.5) is 0 Å². The maximum atomic E-state index is 8.89. The van der Waals surface area contributed by atoms with Gasteiger partial charge in [-0.2, -0.15) is 24.3 Å². The molecule has 0 aliphatic carbocycles. The van der Waals surface area contributed by atoms with Crippen LogP contribution in [0.25, 0.3) is 109 Å². The first-order valence-corrected chi connectivity index (χ1v) is 38.8. The standard InChI is InChI=1S/2C25H14N3S2.C6H14.6C2H4O2.4CHCl3.4Rh/c2*1-2-6-16(7-3-1)23-17-10-12-19(21-8-4-14-29-21)26-24(17)28-25-18(23)11-13-20(27-25)22-9-5-15-30-22;1-3-5-6-4-2;6*1-2(3)4;4*2-1(3)4;;;;/h2*1-8,10-15H;3-6H2,1-2H3;6*1H3,(H,3,4);4*1H;;;;/q2*-1;;;;;;;;;;;;4*+2/p-6. The van der Waals surface area contributed by atoms with Crippen molar-refractivity contribution in [2.75, 3.05) is 0 Å². The van der Waals surface area contributed by atoms with Gasteiger partial charge in [0.05, 0.1) is 21.1 Å². The summed E-state index contributed by atoms with van der Waals surface area (Å²) in [6.45, 7) is 10.3. The fraction of sp³-hybridized carbons (Fsp3) is 0.222. The monoisotopic (exact) mass is 2160 g/mol. The second kappa shape index (κ2) is 67.2. The zero-order chi connectivity index (χ0) is 80.4. The summed E-state index contributed by atoms with van der Waals surface area (Å²) in [6, 6.07) is 56.2. The molecule has 0 N–H and O–H groups in total. The molecular weight excluding hydrogens is 2110 g/mol. The van der Waals surface area contributed by atoms with Crippen molar-refractivity contribution in [3.8, 4) is 64.5 Å². The van der Waals surface area contributed by atoms with Crippen LogP contribution in [0, 0.1) is 12.1 Å². The maximum absolute atomic E-state index is 8.89. The van der Waals surface area contributed by atoms with Gasteiger partial charge in [0.1, 0.15) is 0 Å². The van der Waals surface area contributed by atoms with Crippen LogP contribution in [0.2, 0.25) is 0 Å². The topological polar surface area (TPSA) is 318 Å². The first kappa shape index (κ1) is 115. The van der Waals surface area contributed by atoms with Crippen molar-refractivity contribution in [1.82, 2.24) is 29.9 Å². The van der Waals surface area contributed by atoms with Gasteiger partial charge in [-0.15, -0.1) is 33.4 Å². The van der Waals surface area contributed by atoms with Crippen molar-refractivity contribution in [3.05, 3.63) is 179 Å². The molecule has 10 aromatic heterocycles. The molecule has 0 fully saturated rings. The Bertz CT molecular complexity index is 3920. The SMILES string of the molecule is CC(=O)[O-].CC(=O)[O-].CC(=O)[O-].CC(=O)[O-].CC(=O)[O-].CC(=O)[O-].CCCCCC.ClC(Cl)Cl.ClC(Cl)Cl.ClC(Cl)Cl.ClC(Cl)Cl.[Rh+2].[Rh+2].[Rh+2].[Rh+2].[c-]1ccsc1-c1ccc2c(-c3ccccc3)c3ccc(-c4cccs4)nc3nc2n1.[c-]1ccsc1-c1ccc2c(-c3ccccc3)c3ccc(-c4cccs4)nc3nc2n1. The largest absolute Gasteiger partial charge is 2.00 e. The first-order chi connectivity index (χ1) is 50.0. The molecule has 0 atom stereocenters. The van der Waals surface area contributed by atoms with E-state index in [9.17, 15) is 0 Å². The number of nitrogens with zero attached hydrogens (tertiary/aromatic N) is 6. The summed E-state index contributed by atoms with van der Waals surface area (Å²) in [5.41, 5.74) is 11.0. The van der Waals surface area contributed by atoms with Gasteiger partial charge in [-0.05, 0) is 111 Å². The Labute approximate surface area is 764 Å². The molecule has 110 heavy (non-hydrogen) atoms. The van der Waals surface area contributed by atoms with Crippen LogP contribution in [-0.2, 0) is 107 Å². The molecule has 10 heterocycles. The van der Waals surface area contributed by atoms with Crippen molar-refractivity contribution < 1.29 is 137 Å². The first-order valence-electron chi connectivity index (χ1n) is 30.0. The normalized spacial score (nSPS) is 9.35. The Balaban J connectivity index is -0.000000422. The summed E-state index contributed by atoms with van der Waals surface area (Å²) in [5, 5.41) is 65.6. The van der Waals surface area contributed by atoms with E-state index in [2.05, 4.69) is 146 Å². The number of rotatable bonds is 9. The number of unbranched alkanes of at least 4 members (excludes halogenated alkanes) is 3. The number of thiophene rings is 4. The molecule has 38 heteroatoms. The number of pyridine rings is 6. The van der Waals surface area contributed by atoms with Gasteiger partial charge in [0.15, 0.2) is 39.8 Å². The van der Waals surface area contributed by atoms with Crippen LogP contribution in [-0.4, -0.2) is 82.9 Å². The van der Waals surface area contributed by atoms with Gasteiger partial charge in [-0.25, -0.2) is 42.6 Å². The van der Waals surface area contributed by atoms with Crippen molar-refractivity contribution in [1.29, 1.82) is 0 Å². The van der Waals surface area contributed by atoms with Crippen LogP contribution < -0.4 is 30.6 Å². The average molecular weight is 2170 g/mol. The third-order valence-corrected chi connectivity index (χ3v) is 14.5. The van der Waals surface area contributed by atoms with E-state index in [1.165, 1.54) is 25.7 Å². The van der Waals surface area contributed by atoms with E-state index >= 15 is 0 Å². The number of aromatic nitrogens is 6. The molecule has 0 spiro atoms. The number of fused-ring (bicyclic) bond motifs is 4. The van der Waals surface area contributed by atoms with E-state index in [0.717, 1.165) is 128 Å². The summed E-state index contributed by atoms with van der Waals surface area (Å²) < 4.78 is -3.00. The van der Waals surface area contributed by atoms with Gasteiger partial charge in [0, 0.05) is 68.5 Å². The smallest absolute Gasteiger partial charge is 0.550 e. The Morgan fingerprint density at radius 1 is 0.327 bits per heavy atom. The van der Waals surface area contributed by atoms with E-state index in [1.807, 2.05) is 47.2 Å². The average Bonchev–Trinajstić information content (AvgIpc) is 1.30. The summed E-state index contributed by atoms with van der Waals surface area (Å²) in [7, 11) is 0. The Kier molecular flexibility index (Phi) is 69.9. The molecule has 0 unspecified atom stereocenters. The third kappa shape index (κ3) is 53.9. The van der Waals surface area contributed by atoms with Crippen LogP contribution in [0.15, 0.2) is 167 Å². The van der Waals surface area contributed by atoms with Crippen LogP contribution in [0.5, 0.6) is 0 Å². The number of carboxylic acid groups (broad SMARTS) is 6. The number of carbonyl (C=O) groups is 6. The number of alkyl halides is 12. The predicted molar refractivity (Wildman–Crippen MR) is 431 cm³/mol. The van der Waals surface area contributed by atoms with Gasteiger partial charge in [0.2, 0.25) is 0 Å².